The van der Waals surface area contributed by atoms with Gasteiger partial charge in [-0.3, -0.25) is 19.9 Å². The maximum Gasteiger partial charge on any atom is 0.236 e. The lowest BCUT2D eigenvalue weighted by molar-refractivity contribution is -0.136. The molecule has 2 heterocycles. The number of ketones is 1. The van der Waals surface area contributed by atoms with Crippen LogP contribution in [-0.4, -0.2) is 30.4 Å². The third-order valence-corrected chi connectivity index (χ3v) is 5.78. The number of piperidine rings is 1. The second-order valence-electron chi connectivity index (χ2n) is 7.60. The monoisotopic (exact) mass is 396 g/mol. The van der Waals surface area contributed by atoms with Crippen LogP contribution < -0.4 is 21.1 Å². The Balaban J connectivity index is 1.51. The van der Waals surface area contributed by atoms with Gasteiger partial charge >= 0.3 is 0 Å². The Morgan fingerprint density at radius 3 is 2.66 bits per heavy atom. The van der Waals surface area contributed by atoms with E-state index in [9.17, 15) is 14.0 Å². The first-order valence-corrected chi connectivity index (χ1v) is 9.96. The molecular weight excluding hydrogens is 371 g/mol. The molecule has 2 aromatic rings. The zero-order valence-corrected chi connectivity index (χ0v) is 16.5. The molecule has 0 aliphatic carbocycles. The van der Waals surface area contributed by atoms with Gasteiger partial charge < -0.3 is 5.32 Å². The van der Waals surface area contributed by atoms with Crippen LogP contribution in [0.4, 0.5) is 15.8 Å². The number of rotatable bonds is 4. The fourth-order valence-electron chi connectivity index (χ4n) is 4.23. The van der Waals surface area contributed by atoms with E-state index >= 15 is 0 Å². The van der Waals surface area contributed by atoms with Gasteiger partial charge in [-0.2, -0.15) is 0 Å². The molecule has 4 unspecified atom stereocenters. The lowest BCUT2D eigenvalue weighted by atomic mass is 9.83. The van der Waals surface area contributed by atoms with Gasteiger partial charge in [-0.25, -0.2) is 9.82 Å². The summed E-state index contributed by atoms with van der Waals surface area (Å²) in [7, 11) is 0. The van der Waals surface area contributed by atoms with E-state index in [0.717, 1.165) is 23.4 Å². The highest BCUT2D eigenvalue weighted by atomic mass is 19.1. The molecule has 0 spiro atoms. The molecule has 6 nitrogen and oxygen atoms in total. The van der Waals surface area contributed by atoms with E-state index in [1.165, 1.54) is 12.1 Å². The van der Waals surface area contributed by atoms with Crippen LogP contribution in [0.15, 0.2) is 48.5 Å². The van der Waals surface area contributed by atoms with E-state index in [1.807, 2.05) is 43.1 Å². The quantitative estimate of drug-likeness (QED) is 0.693. The van der Waals surface area contributed by atoms with Gasteiger partial charge in [-0.15, -0.1) is 0 Å². The molecule has 7 heteroatoms. The summed E-state index contributed by atoms with van der Waals surface area (Å²) >= 11 is 0. The topological polar surface area (TPSA) is 73.5 Å². The summed E-state index contributed by atoms with van der Waals surface area (Å²) in [6.07, 6.45) is 0.515. The summed E-state index contributed by atoms with van der Waals surface area (Å²) in [5.74, 6) is -1.81. The van der Waals surface area contributed by atoms with Crippen molar-refractivity contribution in [2.75, 3.05) is 16.9 Å². The Labute approximate surface area is 169 Å². The standard InChI is InChI=1S/C22H25FN4O2/c1-3-14-6-4-5-7-18(14)25-22(29)17-12-24-21-19(20(17)28)13(2)26-27(21)16-10-8-15(23)9-11-16/h4-11,13,17,19,21,24,26H,3,12H2,1-2H3,(H,25,29). The number of benzene rings is 2. The molecule has 0 bridgehead atoms. The van der Waals surface area contributed by atoms with Crippen molar-refractivity contribution in [1.29, 1.82) is 0 Å². The minimum absolute atomic E-state index is 0.0789. The third kappa shape index (κ3) is 3.63. The molecule has 0 saturated carbocycles. The number of hydrazine groups is 1. The summed E-state index contributed by atoms with van der Waals surface area (Å²) in [4.78, 5) is 26.1. The number of hydrogen-bond donors (Lipinski definition) is 3. The fourth-order valence-corrected chi connectivity index (χ4v) is 4.23. The highest BCUT2D eigenvalue weighted by Gasteiger charge is 2.50. The largest absolute Gasteiger partial charge is 0.325 e. The van der Waals surface area contributed by atoms with E-state index in [-0.39, 0.29) is 42.2 Å². The van der Waals surface area contributed by atoms with Crippen LogP contribution in [-0.2, 0) is 16.0 Å². The molecule has 29 heavy (non-hydrogen) atoms. The average Bonchev–Trinajstić information content (AvgIpc) is 3.06. The molecule has 0 aromatic heterocycles. The number of para-hydroxylation sites is 1. The molecule has 2 aliphatic heterocycles. The van der Waals surface area contributed by atoms with Crippen LogP contribution in [0.5, 0.6) is 0 Å². The lowest BCUT2D eigenvalue weighted by Gasteiger charge is -2.35. The van der Waals surface area contributed by atoms with Crippen molar-refractivity contribution in [3.8, 4) is 0 Å². The predicted octanol–water partition coefficient (Wildman–Crippen LogP) is 2.47. The Bertz CT molecular complexity index is 917. The van der Waals surface area contributed by atoms with E-state index in [4.69, 9.17) is 0 Å². The van der Waals surface area contributed by atoms with Gasteiger partial charge in [0.25, 0.3) is 0 Å². The highest BCUT2D eigenvalue weighted by molar-refractivity contribution is 6.09. The van der Waals surface area contributed by atoms with Crippen molar-refractivity contribution in [3.05, 3.63) is 59.9 Å². The highest BCUT2D eigenvalue weighted by Crippen LogP contribution is 2.32. The number of nitrogens with zero attached hydrogens (tertiary/aromatic N) is 1. The normalized spacial score (nSPS) is 26.3. The average molecular weight is 396 g/mol. The van der Waals surface area contributed by atoms with Gasteiger partial charge in [0.15, 0.2) is 5.78 Å². The van der Waals surface area contributed by atoms with Crippen molar-refractivity contribution < 1.29 is 14.0 Å². The van der Waals surface area contributed by atoms with Crippen molar-refractivity contribution in [2.24, 2.45) is 11.8 Å². The maximum absolute atomic E-state index is 13.3. The number of fused-ring (bicyclic) bond motifs is 1. The van der Waals surface area contributed by atoms with Gasteiger partial charge in [0.2, 0.25) is 5.91 Å². The van der Waals surface area contributed by atoms with E-state index in [0.29, 0.717) is 0 Å². The van der Waals surface area contributed by atoms with Crippen LogP contribution in [0.2, 0.25) is 0 Å². The maximum atomic E-state index is 13.3. The molecule has 4 atom stereocenters. The molecule has 2 aromatic carbocycles. The number of nitrogens with one attached hydrogen (secondary N) is 3. The smallest absolute Gasteiger partial charge is 0.236 e. The van der Waals surface area contributed by atoms with Crippen LogP contribution in [0.25, 0.3) is 0 Å². The molecule has 4 rings (SSSR count). The number of amides is 1. The fraction of sp³-hybridized carbons (Fsp3) is 0.364. The number of hydrogen-bond acceptors (Lipinski definition) is 5. The molecule has 3 N–H and O–H groups in total. The second-order valence-corrected chi connectivity index (χ2v) is 7.60. The minimum Gasteiger partial charge on any atom is -0.325 e. The molecule has 0 radical (unpaired) electrons. The molecular formula is C22H25FN4O2. The van der Waals surface area contributed by atoms with Crippen LogP contribution in [0, 0.1) is 17.7 Å². The summed E-state index contributed by atoms with van der Waals surface area (Å²) in [5, 5.41) is 8.12. The molecule has 2 fully saturated rings. The zero-order valence-electron chi connectivity index (χ0n) is 16.5. The summed E-state index contributed by atoms with van der Waals surface area (Å²) in [6.45, 7) is 4.21. The molecule has 1 amide bonds. The first-order chi connectivity index (χ1) is 14.0. The van der Waals surface area contributed by atoms with E-state index in [1.54, 1.807) is 12.1 Å². The van der Waals surface area contributed by atoms with Crippen molar-refractivity contribution >= 4 is 23.1 Å². The third-order valence-electron chi connectivity index (χ3n) is 5.78. The van der Waals surface area contributed by atoms with Crippen molar-refractivity contribution in [1.82, 2.24) is 10.7 Å². The van der Waals surface area contributed by atoms with Gasteiger partial charge in [0.05, 0.1) is 11.6 Å². The van der Waals surface area contributed by atoms with Gasteiger partial charge in [0.1, 0.15) is 17.9 Å². The Morgan fingerprint density at radius 1 is 1.21 bits per heavy atom. The molecule has 2 saturated heterocycles. The van der Waals surface area contributed by atoms with Gasteiger partial charge in [0, 0.05) is 18.3 Å². The van der Waals surface area contributed by atoms with Crippen LogP contribution in [0.1, 0.15) is 19.4 Å². The van der Waals surface area contributed by atoms with Gasteiger partial charge in [-0.1, -0.05) is 25.1 Å². The predicted molar refractivity (Wildman–Crippen MR) is 110 cm³/mol. The lowest BCUT2D eigenvalue weighted by Crippen LogP contribution is -2.58. The van der Waals surface area contributed by atoms with Crippen LogP contribution in [0.3, 0.4) is 0 Å². The number of carbonyl (C=O) groups is 2. The number of halogens is 1. The van der Waals surface area contributed by atoms with Gasteiger partial charge in [-0.05, 0) is 49.2 Å². The molecule has 2 aliphatic rings. The number of Topliss-reactive ketones (excluding diaryl/α,β-unsaturated/α-hetero) is 1. The minimum atomic E-state index is -0.751. The van der Waals surface area contributed by atoms with Crippen molar-refractivity contribution in [2.45, 2.75) is 32.5 Å². The number of carbonyl (C=O) groups excluding carboxylic acids is 2. The zero-order chi connectivity index (χ0) is 20.5. The Kier molecular flexibility index (Phi) is 5.34. The first kappa shape index (κ1) is 19.5. The summed E-state index contributed by atoms with van der Waals surface area (Å²) in [6, 6.07) is 13.6. The van der Waals surface area contributed by atoms with Crippen LogP contribution >= 0.6 is 0 Å². The first-order valence-electron chi connectivity index (χ1n) is 9.96. The summed E-state index contributed by atoms with van der Waals surface area (Å²) in [5.41, 5.74) is 5.84. The van der Waals surface area contributed by atoms with E-state index in [2.05, 4.69) is 16.1 Å². The number of aryl methyl sites for hydroxylation is 1. The second kappa shape index (κ2) is 7.93. The Hall–Kier alpha value is -2.77. The summed E-state index contributed by atoms with van der Waals surface area (Å²) < 4.78 is 13.3. The number of anilines is 2. The van der Waals surface area contributed by atoms with E-state index < -0.39 is 5.92 Å². The molecule has 152 valence electrons. The SMILES string of the molecule is CCc1ccccc1NC(=O)C1CNC2C(C1=O)C(C)NN2c1ccc(F)cc1. The Morgan fingerprint density at radius 2 is 1.93 bits per heavy atom. The van der Waals surface area contributed by atoms with Crippen molar-refractivity contribution in [3.63, 3.8) is 0 Å².